The number of halogens is 1. The van der Waals surface area contributed by atoms with E-state index < -0.39 is 0 Å². The molecule has 3 rings (SSSR count). The number of nitrogens with zero attached hydrogens (tertiary/aromatic N) is 2. The maximum absolute atomic E-state index is 9.58. The molecule has 2 aromatic carbocycles. The molecule has 0 saturated heterocycles. The normalized spacial score (nSPS) is 11.4. The Labute approximate surface area is 153 Å². The minimum absolute atomic E-state index is 0.604. The van der Waals surface area contributed by atoms with Crippen molar-refractivity contribution >= 4 is 23.3 Å². The number of hydrogen-bond donors (Lipinski definition) is 0. The van der Waals surface area contributed by atoms with E-state index in [9.17, 15) is 5.26 Å². The fourth-order valence-corrected chi connectivity index (χ4v) is 3.28. The summed E-state index contributed by atoms with van der Waals surface area (Å²) in [6.07, 6.45) is 1.93. The second-order valence-corrected chi connectivity index (χ2v) is 6.62. The fourth-order valence-electron chi connectivity index (χ4n) is 3.09. The van der Waals surface area contributed by atoms with Crippen LogP contribution < -0.4 is 0 Å². The Kier molecular flexibility index (Phi) is 4.79. The van der Waals surface area contributed by atoms with Crippen molar-refractivity contribution in [1.29, 1.82) is 5.26 Å². The highest BCUT2D eigenvalue weighted by molar-refractivity contribution is 6.30. The molecule has 0 bridgehead atoms. The Morgan fingerprint density at radius 1 is 1.04 bits per heavy atom. The number of aromatic nitrogens is 1. The Morgan fingerprint density at radius 3 is 2.48 bits per heavy atom. The first-order valence-corrected chi connectivity index (χ1v) is 8.51. The third-order valence-electron chi connectivity index (χ3n) is 4.29. The lowest BCUT2D eigenvalue weighted by Gasteiger charge is -2.10. The molecule has 124 valence electrons. The highest BCUT2D eigenvalue weighted by Gasteiger charge is 2.11. The van der Waals surface area contributed by atoms with Crippen molar-refractivity contribution in [1.82, 2.24) is 4.57 Å². The first-order valence-electron chi connectivity index (χ1n) is 8.13. The van der Waals surface area contributed by atoms with Gasteiger partial charge >= 0.3 is 0 Å². The summed E-state index contributed by atoms with van der Waals surface area (Å²) in [7, 11) is 0. The molecule has 0 saturated carbocycles. The zero-order chi connectivity index (χ0) is 18.0. The molecule has 0 amide bonds. The van der Waals surface area contributed by atoms with Gasteiger partial charge in [-0.15, -0.1) is 0 Å². The van der Waals surface area contributed by atoms with Crippen LogP contribution in [0.2, 0.25) is 5.02 Å². The largest absolute Gasteiger partial charge is 0.318 e. The quantitative estimate of drug-likeness (QED) is 0.525. The molecule has 3 heteroatoms. The van der Waals surface area contributed by atoms with E-state index in [1.54, 1.807) is 0 Å². The van der Waals surface area contributed by atoms with Crippen molar-refractivity contribution in [3.05, 3.63) is 87.7 Å². The van der Waals surface area contributed by atoms with Crippen molar-refractivity contribution in [2.24, 2.45) is 0 Å². The van der Waals surface area contributed by atoms with Crippen LogP contribution in [0.3, 0.4) is 0 Å². The first kappa shape index (κ1) is 17.1. The van der Waals surface area contributed by atoms with Crippen molar-refractivity contribution in [3.63, 3.8) is 0 Å². The van der Waals surface area contributed by atoms with E-state index in [0.717, 1.165) is 28.2 Å². The number of hydrogen-bond acceptors (Lipinski definition) is 1. The highest BCUT2D eigenvalue weighted by atomic mass is 35.5. The molecule has 25 heavy (non-hydrogen) atoms. The van der Waals surface area contributed by atoms with Gasteiger partial charge in [-0.3, -0.25) is 0 Å². The number of rotatable bonds is 3. The molecule has 0 atom stereocenters. The molecule has 0 N–H and O–H groups in total. The van der Waals surface area contributed by atoms with Crippen LogP contribution in [-0.2, 0) is 0 Å². The molecule has 0 aliphatic heterocycles. The summed E-state index contributed by atoms with van der Waals surface area (Å²) in [5.74, 6) is 0. The molecule has 0 aliphatic rings. The van der Waals surface area contributed by atoms with Gasteiger partial charge in [0.15, 0.2) is 0 Å². The molecule has 3 aromatic rings. The molecule has 2 nitrogen and oxygen atoms in total. The van der Waals surface area contributed by atoms with Gasteiger partial charge in [-0.25, -0.2) is 0 Å². The van der Waals surface area contributed by atoms with Crippen molar-refractivity contribution in [3.8, 4) is 11.8 Å². The molecule has 0 radical (unpaired) electrons. The number of nitriles is 1. The lowest BCUT2D eigenvalue weighted by atomic mass is 10.0. The van der Waals surface area contributed by atoms with Gasteiger partial charge in [-0.05, 0) is 73.9 Å². The molecule has 0 spiro atoms. The average Bonchev–Trinajstić information content (AvgIpc) is 2.86. The first-order chi connectivity index (χ1) is 12.0. The summed E-state index contributed by atoms with van der Waals surface area (Å²) in [5.41, 5.74) is 7.07. The monoisotopic (exact) mass is 346 g/mol. The van der Waals surface area contributed by atoms with Crippen LogP contribution in [0.4, 0.5) is 0 Å². The van der Waals surface area contributed by atoms with E-state index >= 15 is 0 Å². The maximum atomic E-state index is 9.58. The van der Waals surface area contributed by atoms with Crippen LogP contribution in [0, 0.1) is 32.1 Å². The highest BCUT2D eigenvalue weighted by Crippen LogP contribution is 2.26. The van der Waals surface area contributed by atoms with Gasteiger partial charge in [0.05, 0.1) is 11.6 Å². The van der Waals surface area contributed by atoms with Crippen LogP contribution in [-0.4, -0.2) is 4.57 Å². The number of benzene rings is 2. The lowest BCUT2D eigenvalue weighted by Crippen LogP contribution is -1.99. The van der Waals surface area contributed by atoms with E-state index in [2.05, 4.69) is 61.7 Å². The van der Waals surface area contributed by atoms with Crippen LogP contribution in [0.15, 0.2) is 54.6 Å². The predicted octanol–water partition coefficient (Wildman–Crippen LogP) is 6.12. The van der Waals surface area contributed by atoms with Gasteiger partial charge in [0.25, 0.3) is 0 Å². The van der Waals surface area contributed by atoms with Crippen molar-refractivity contribution < 1.29 is 0 Å². The minimum atomic E-state index is 0.604. The number of aryl methyl sites for hydroxylation is 2. The van der Waals surface area contributed by atoms with Gasteiger partial charge in [-0.1, -0.05) is 35.9 Å². The Bertz CT molecular complexity index is 1000. The summed E-state index contributed by atoms with van der Waals surface area (Å²) < 4.78 is 2.21. The summed E-state index contributed by atoms with van der Waals surface area (Å²) in [6, 6.07) is 20.2. The van der Waals surface area contributed by atoms with Crippen molar-refractivity contribution in [2.45, 2.75) is 20.8 Å². The van der Waals surface area contributed by atoms with Gasteiger partial charge in [0.1, 0.15) is 0 Å². The topological polar surface area (TPSA) is 28.7 Å². The molecule has 1 heterocycles. The Balaban J connectivity index is 2.10. The predicted molar refractivity (Wildman–Crippen MR) is 105 cm³/mol. The molecular formula is C22H19ClN2. The third-order valence-corrected chi connectivity index (χ3v) is 4.52. The van der Waals surface area contributed by atoms with Crippen LogP contribution >= 0.6 is 11.6 Å². The van der Waals surface area contributed by atoms with E-state index in [-0.39, 0.29) is 0 Å². The summed E-state index contributed by atoms with van der Waals surface area (Å²) in [5, 5.41) is 10.2. The SMILES string of the molecule is Cc1cccc(-n2c(C)cc(/C=C(/C#N)c3cccc(Cl)c3)c2C)c1. The van der Waals surface area contributed by atoms with E-state index in [0.29, 0.717) is 10.6 Å². The number of allylic oxidation sites excluding steroid dienone is 1. The minimum Gasteiger partial charge on any atom is -0.318 e. The maximum Gasteiger partial charge on any atom is 0.0998 e. The lowest BCUT2D eigenvalue weighted by molar-refractivity contribution is 0.962. The Morgan fingerprint density at radius 2 is 1.80 bits per heavy atom. The van der Waals surface area contributed by atoms with E-state index in [1.807, 2.05) is 30.3 Å². The average molecular weight is 347 g/mol. The third kappa shape index (κ3) is 3.52. The molecule has 0 aliphatic carbocycles. The van der Waals surface area contributed by atoms with Gasteiger partial charge < -0.3 is 4.57 Å². The molecular weight excluding hydrogens is 328 g/mol. The van der Waals surface area contributed by atoms with Crippen LogP contribution in [0.25, 0.3) is 17.3 Å². The summed E-state index contributed by atoms with van der Waals surface area (Å²) >= 11 is 6.06. The second-order valence-electron chi connectivity index (χ2n) is 6.18. The standard InChI is InChI=1S/C22H19ClN2/c1-15-6-4-9-22(10-15)25-16(2)11-19(17(25)3)12-20(14-24)18-7-5-8-21(23)13-18/h4-13H,1-3H3/b20-12-. The Hall–Kier alpha value is -2.76. The fraction of sp³-hybridized carbons (Fsp3) is 0.136. The smallest absolute Gasteiger partial charge is 0.0998 e. The summed E-state index contributed by atoms with van der Waals surface area (Å²) in [6.45, 7) is 6.25. The zero-order valence-electron chi connectivity index (χ0n) is 14.5. The van der Waals surface area contributed by atoms with Gasteiger partial charge in [0, 0.05) is 22.1 Å². The van der Waals surface area contributed by atoms with E-state index in [4.69, 9.17) is 11.6 Å². The second kappa shape index (κ2) is 7.01. The zero-order valence-corrected chi connectivity index (χ0v) is 15.3. The van der Waals surface area contributed by atoms with Crippen molar-refractivity contribution in [2.75, 3.05) is 0 Å². The molecule has 1 aromatic heterocycles. The molecule has 0 fully saturated rings. The van der Waals surface area contributed by atoms with Gasteiger partial charge in [-0.2, -0.15) is 5.26 Å². The van der Waals surface area contributed by atoms with Crippen LogP contribution in [0.1, 0.15) is 28.1 Å². The van der Waals surface area contributed by atoms with Gasteiger partial charge in [0.2, 0.25) is 0 Å². The summed E-state index contributed by atoms with van der Waals surface area (Å²) in [4.78, 5) is 0. The van der Waals surface area contributed by atoms with E-state index in [1.165, 1.54) is 5.56 Å². The molecule has 0 unspecified atom stereocenters. The van der Waals surface area contributed by atoms with Crippen LogP contribution in [0.5, 0.6) is 0 Å².